The van der Waals surface area contributed by atoms with Crippen molar-refractivity contribution in [3.05, 3.63) is 21.3 Å². The number of allylic oxidation sites excluding steroid dienone is 1. The first-order chi connectivity index (χ1) is 9.22. The highest BCUT2D eigenvalue weighted by Gasteiger charge is 2.46. The topological polar surface area (TPSA) is 61.8 Å². The Balaban J connectivity index is 3.13. The second kappa shape index (κ2) is 6.21. The molecular weight excluding hydrogens is 301 g/mol. The summed E-state index contributed by atoms with van der Waals surface area (Å²) in [7, 11) is 0.820. The molecule has 0 spiro atoms. The maximum atomic E-state index is 12.8. The minimum atomic E-state index is -4.96. The van der Waals surface area contributed by atoms with E-state index in [2.05, 4.69) is 9.47 Å². The van der Waals surface area contributed by atoms with Crippen LogP contribution < -0.4 is 0 Å². The number of thioether (sulfide) groups is 1. The van der Waals surface area contributed by atoms with Gasteiger partial charge >= 0.3 is 18.1 Å². The van der Waals surface area contributed by atoms with E-state index in [4.69, 9.17) is 4.74 Å². The number of esters is 2. The van der Waals surface area contributed by atoms with Crippen LogP contribution in [0.1, 0.15) is 13.8 Å². The summed E-state index contributed by atoms with van der Waals surface area (Å²) in [4.78, 5) is 22.6. The molecule has 0 radical (unpaired) electrons. The Labute approximate surface area is 116 Å². The van der Waals surface area contributed by atoms with Gasteiger partial charge in [-0.25, -0.2) is 9.59 Å². The van der Waals surface area contributed by atoms with Crippen molar-refractivity contribution in [2.75, 3.05) is 13.7 Å². The Morgan fingerprint density at radius 2 is 1.95 bits per heavy atom. The molecule has 0 atom stereocenters. The first-order valence-corrected chi connectivity index (χ1v) is 6.17. The number of alkyl halides is 3. The van der Waals surface area contributed by atoms with Crippen molar-refractivity contribution >= 4 is 23.7 Å². The maximum Gasteiger partial charge on any atom is 0.427 e. The monoisotopic (exact) mass is 312 g/mol. The predicted molar refractivity (Wildman–Crippen MR) is 63.1 cm³/mol. The van der Waals surface area contributed by atoms with Crippen molar-refractivity contribution in [3.63, 3.8) is 0 Å². The molecule has 5 nitrogen and oxygen atoms in total. The third-order valence-corrected chi connectivity index (χ3v) is 3.23. The summed E-state index contributed by atoms with van der Waals surface area (Å²) in [5, 5.41) is -0.745. The van der Waals surface area contributed by atoms with Crippen LogP contribution in [0.5, 0.6) is 0 Å². The first kappa shape index (κ1) is 16.4. The van der Waals surface area contributed by atoms with Crippen LogP contribution in [-0.2, 0) is 23.8 Å². The van der Waals surface area contributed by atoms with Crippen molar-refractivity contribution < 1.29 is 37.0 Å². The molecule has 0 aromatic rings. The molecule has 0 unspecified atom stereocenters. The normalized spacial score (nSPS) is 17.7. The first-order valence-electron chi connectivity index (χ1n) is 5.35. The standard InChI is InChI=1S/C11H11F3O5S/c1-4-18-9(16)7-5(2)19-10(20-7)6(8(15)17-3)11(12,13)14/h4H2,1-3H3. The second-order valence-corrected chi connectivity index (χ2v) is 4.44. The van der Waals surface area contributed by atoms with Gasteiger partial charge in [-0.05, 0) is 25.6 Å². The second-order valence-electron chi connectivity index (χ2n) is 3.46. The summed E-state index contributed by atoms with van der Waals surface area (Å²) in [6.07, 6.45) is -4.96. The van der Waals surface area contributed by atoms with Gasteiger partial charge in [0.05, 0.1) is 13.7 Å². The average molecular weight is 312 g/mol. The summed E-state index contributed by atoms with van der Waals surface area (Å²) >= 11 is 0.387. The molecule has 0 N–H and O–H groups in total. The molecule has 0 aromatic heterocycles. The minimum absolute atomic E-state index is 0.0610. The Morgan fingerprint density at radius 3 is 2.40 bits per heavy atom. The lowest BCUT2D eigenvalue weighted by Gasteiger charge is -2.11. The van der Waals surface area contributed by atoms with E-state index in [0.29, 0.717) is 11.8 Å². The lowest BCUT2D eigenvalue weighted by atomic mass is 10.3. The van der Waals surface area contributed by atoms with Crippen molar-refractivity contribution in [2.24, 2.45) is 0 Å². The van der Waals surface area contributed by atoms with E-state index >= 15 is 0 Å². The molecule has 112 valence electrons. The maximum absolute atomic E-state index is 12.8. The van der Waals surface area contributed by atoms with Crippen molar-refractivity contribution in [3.8, 4) is 0 Å². The van der Waals surface area contributed by atoms with Crippen LogP contribution in [0.4, 0.5) is 13.2 Å². The third-order valence-electron chi connectivity index (χ3n) is 2.10. The van der Waals surface area contributed by atoms with Gasteiger partial charge in [-0.2, -0.15) is 13.2 Å². The van der Waals surface area contributed by atoms with Crippen molar-refractivity contribution in [1.29, 1.82) is 0 Å². The van der Waals surface area contributed by atoms with Crippen molar-refractivity contribution in [2.45, 2.75) is 20.0 Å². The summed E-state index contributed by atoms with van der Waals surface area (Å²) in [5.41, 5.74) is -1.59. The Hall–Kier alpha value is -1.64. The highest BCUT2D eigenvalue weighted by Crippen LogP contribution is 2.44. The van der Waals surface area contributed by atoms with Crippen LogP contribution in [-0.4, -0.2) is 31.8 Å². The summed E-state index contributed by atoms with van der Waals surface area (Å²) < 4.78 is 52.1. The predicted octanol–water partition coefficient (Wildman–Crippen LogP) is 2.49. The molecule has 0 saturated carbocycles. The van der Waals surface area contributed by atoms with Gasteiger partial charge in [0.1, 0.15) is 10.7 Å². The Bertz CT molecular complexity index is 493. The van der Waals surface area contributed by atoms with Crippen LogP contribution in [0.25, 0.3) is 0 Å². The molecule has 1 aliphatic heterocycles. The number of halogens is 3. The zero-order valence-corrected chi connectivity index (χ0v) is 11.6. The van der Waals surface area contributed by atoms with Gasteiger partial charge in [0.2, 0.25) is 0 Å². The molecule has 0 fully saturated rings. The zero-order chi connectivity index (χ0) is 15.5. The quantitative estimate of drug-likeness (QED) is 0.589. The highest BCUT2D eigenvalue weighted by molar-refractivity contribution is 8.07. The number of carbonyl (C=O) groups excluding carboxylic acids is 2. The van der Waals surface area contributed by atoms with Crippen LogP contribution in [0.3, 0.4) is 0 Å². The lowest BCUT2D eigenvalue weighted by molar-refractivity contribution is -0.148. The molecule has 1 heterocycles. The molecule has 0 saturated heterocycles. The Morgan fingerprint density at radius 1 is 1.35 bits per heavy atom. The van der Waals surface area contributed by atoms with Crippen LogP contribution in [0, 0.1) is 0 Å². The summed E-state index contributed by atoms with van der Waals surface area (Å²) in [5.74, 6) is -2.46. The molecule has 0 amide bonds. The molecule has 0 bridgehead atoms. The third kappa shape index (κ3) is 3.47. The fourth-order valence-corrected chi connectivity index (χ4v) is 2.25. The smallest absolute Gasteiger partial charge is 0.427 e. The zero-order valence-electron chi connectivity index (χ0n) is 10.8. The highest BCUT2D eigenvalue weighted by atomic mass is 32.2. The molecular formula is C11H11F3O5S. The van der Waals surface area contributed by atoms with Crippen LogP contribution in [0.2, 0.25) is 0 Å². The SMILES string of the molecule is CCOC(=O)C1=C(C)OC(=C(C(=O)OC)C(F)(F)F)S1. The van der Waals surface area contributed by atoms with E-state index in [1.807, 2.05) is 0 Å². The Kier molecular flexibility index (Phi) is 5.09. The van der Waals surface area contributed by atoms with Crippen LogP contribution >= 0.6 is 11.8 Å². The van der Waals surface area contributed by atoms with Crippen LogP contribution in [0.15, 0.2) is 21.3 Å². The van der Waals surface area contributed by atoms with Gasteiger partial charge < -0.3 is 14.2 Å². The van der Waals surface area contributed by atoms with Gasteiger partial charge in [-0.15, -0.1) is 0 Å². The van der Waals surface area contributed by atoms with E-state index in [-0.39, 0.29) is 17.3 Å². The number of methoxy groups -OCH3 is 1. The number of hydrogen-bond donors (Lipinski definition) is 0. The molecule has 1 aliphatic rings. The van der Waals surface area contributed by atoms with E-state index in [1.54, 1.807) is 6.92 Å². The number of rotatable bonds is 3. The van der Waals surface area contributed by atoms with E-state index in [0.717, 1.165) is 7.11 Å². The lowest BCUT2D eigenvalue weighted by Crippen LogP contribution is -2.23. The van der Waals surface area contributed by atoms with Crippen molar-refractivity contribution in [1.82, 2.24) is 0 Å². The fraction of sp³-hybridized carbons (Fsp3) is 0.455. The average Bonchev–Trinajstić information content (AvgIpc) is 2.69. The van der Waals surface area contributed by atoms with E-state index < -0.39 is 28.8 Å². The number of hydrogen-bond acceptors (Lipinski definition) is 6. The molecule has 9 heteroatoms. The molecule has 20 heavy (non-hydrogen) atoms. The summed E-state index contributed by atoms with van der Waals surface area (Å²) in [6, 6.07) is 0. The van der Waals surface area contributed by atoms with Gasteiger partial charge in [0, 0.05) is 0 Å². The van der Waals surface area contributed by atoms with E-state index in [1.165, 1.54) is 6.92 Å². The fourth-order valence-electron chi connectivity index (χ4n) is 1.27. The van der Waals surface area contributed by atoms with Gasteiger partial charge in [-0.3, -0.25) is 0 Å². The van der Waals surface area contributed by atoms with E-state index in [9.17, 15) is 22.8 Å². The van der Waals surface area contributed by atoms with Gasteiger partial charge in [-0.1, -0.05) is 0 Å². The van der Waals surface area contributed by atoms with Gasteiger partial charge in [0.25, 0.3) is 0 Å². The molecule has 0 aliphatic carbocycles. The number of carbonyl (C=O) groups is 2. The minimum Gasteiger partial charge on any atom is -0.465 e. The molecule has 0 aromatic carbocycles. The summed E-state index contributed by atoms with van der Waals surface area (Å²) in [6.45, 7) is 2.93. The number of ether oxygens (including phenoxy) is 3. The largest absolute Gasteiger partial charge is 0.465 e. The van der Waals surface area contributed by atoms with Gasteiger partial charge in [0.15, 0.2) is 10.7 Å². The molecule has 1 rings (SSSR count).